The van der Waals surface area contributed by atoms with E-state index in [2.05, 4.69) is 26.1 Å². The van der Waals surface area contributed by atoms with Crippen LogP contribution < -0.4 is 14.9 Å². The number of hydrogen-bond donors (Lipinski definition) is 2. The molecule has 0 aliphatic carbocycles. The second-order valence-electron chi connectivity index (χ2n) is 7.24. The number of nitrogens with one attached hydrogen (secondary N) is 2. The molecule has 3 rings (SSSR count). The average molecular weight is 447 g/mol. The highest BCUT2D eigenvalue weighted by Gasteiger charge is 2.25. The van der Waals surface area contributed by atoms with Crippen molar-refractivity contribution in [3.63, 3.8) is 0 Å². The highest BCUT2D eigenvalue weighted by atomic mass is 32.2. The number of hydrogen-bond acceptors (Lipinski definition) is 9. The number of aromatic nitrogens is 2. The van der Waals surface area contributed by atoms with Crippen molar-refractivity contribution in [2.75, 3.05) is 43.6 Å². The highest BCUT2D eigenvalue weighted by molar-refractivity contribution is 7.89. The molecular formula is C20H26N6O4S. The average Bonchev–Trinajstić information content (AvgIpc) is 2.73. The van der Waals surface area contributed by atoms with Crippen LogP contribution in [0.25, 0.3) is 0 Å². The fourth-order valence-corrected chi connectivity index (χ4v) is 4.32. The molecule has 0 unspecified atom stereocenters. The Morgan fingerprint density at radius 3 is 2.55 bits per heavy atom. The molecule has 10 nitrogen and oxygen atoms in total. The third-order valence-electron chi connectivity index (χ3n) is 4.63. The van der Waals surface area contributed by atoms with E-state index in [-0.39, 0.29) is 30.3 Å². The van der Waals surface area contributed by atoms with Crippen LogP contribution in [0.4, 0.5) is 17.5 Å². The van der Waals surface area contributed by atoms with Gasteiger partial charge in [0.25, 0.3) is 0 Å². The van der Waals surface area contributed by atoms with Gasteiger partial charge < -0.3 is 19.7 Å². The molecule has 1 aromatic carbocycles. The van der Waals surface area contributed by atoms with E-state index in [1.807, 2.05) is 18.7 Å². The molecule has 2 heterocycles. The molecule has 1 aliphatic heterocycles. The molecule has 1 aromatic heterocycles. The van der Waals surface area contributed by atoms with Crippen molar-refractivity contribution in [2.24, 2.45) is 0 Å². The number of methoxy groups -OCH3 is 1. The minimum Gasteiger partial charge on any atom is -0.383 e. The smallest absolute Gasteiger partial charge is 0.240 e. The minimum atomic E-state index is -3.61. The van der Waals surface area contributed by atoms with Crippen LogP contribution in [0.2, 0.25) is 0 Å². The van der Waals surface area contributed by atoms with Gasteiger partial charge in [-0.2, -0.15) is 10.2 Å². The zero-order valence-electron chi connectivity index (χ0n) is 17.7. The van der Waals surface area contributed by atoms with Gasteiger partial charge in [-0.1, -0.05) is 0 Å². The molecule has 1 saturated heterocycles. The molecule has 1 fully saturated rings. The van der Waals surface area contributed by atoms with Crippen molar-refractivity contribution in [3.8, 4) is 6.07 Å². The third kappa shape index (κ3) is 5.89. The molecule has 0 saturated carbocycles. The molecule has 2 aromatic rings. The first-order valence-corrected chi connectivity index (χ1v) is 11.3. The number of sulfonamides is 1. The van der Waals surface area contributed by atoms with Crippen molar-refractivity contribution in [1.82, 2.24) is 14.7 Å². The van der Waals surface area contributed by atoms with Crippen molar-refractivity contribution in [3.05, 3.63) is 36.0 Å². The van der Waals surface area contributed by atoms with Crippen LogP contribution in [-0.4, -0.2) is 63.9 Å². The van der Waals surface area contributed by atoms with Gasteiger partial charge in [-0.05, 0) is 38.1 Å². The Morgan fingerprint density at radius 1 is 1.26 bits per heavy atom. The topological polar surface area (TPSA) is 129 Å². The summed E-state index contributed by atoms with van der Waals surface area (Å²) in [4.78, 5) is 10.9. The molecular weight excluding hydrogens is 420 g/mol. The Balaban J connectivity index is 1.76. The Morgan fingerprint density at radius 2 is 1.94 bits per heavy atom. The van der Waals surface area contributed by atoms with Crippen LogP contribution in [0.5, 0.6) is 0 Å². The molecule has 0 spiro atoms. The molecule has 0 bridgehead atoms. The quantitative estimate of drug-likeness (QED) is 0.581. The van der Waals surface area contributed by atoms with Gasteiger partial charge in [0, 0.05) is 32.4 Å². The summed E-state index contributed by atoms with van der Waals surface area (Å²) in [5.74, 6) is 0.859. The lowest BCUT2D eigenvalue weighted by Gasteiger charge is -2.36. The van der Waals surface area contributed by atoms with E-state index in [1.54, 1.807) is 12.1 Å². The van der Waals surface area contributed by atoms with Crippen molar-refractivity contribution < 1.29 is 17.9 Å². The second kappa shape index (κ2) is 10.0. The van der Waals surface area contributed by atoms with Crippen molar-refractivity contribution in [2.45, 2.75) is 31.0 Å². The summed E-state index contributed by atoms with van der Waals surface area (Å²) >= 11 is 0. The number of benzene rings is 1. The molecule has 0 amide bonds. The predicted molar refractivity (Wildman–Crippen MR) is 116 cm³/mol. The fourth-order valence-electron chi connectivity index (χ4n) is 3.31. The molecule has 11 heteroatoms. The van der Waals surface area contributed by atoms with Crippen LogP contribution in [0.1, 0.15) is 19.4 Å². The van der Waals surface area contributed by atoms with E-state index in [0.29, 0.717) is 36.1 Å². The summed E-state index contributed by atoms with van der Waals surface area (Å²) in [7, 11) is -2.10. The van der Waals surface area contributed by atoms with Gasteiger partial charge in [-0.3, -0.25) is 0 Å². The van der Waals surface area contributed by atoms with Gasteiger partial charge in [0.1, 0.15) is 11.6 Å². The third-order valence-corrected chi connectivity index (χ3v) is 6.10. The van der Waals surface area contributed by atoms with Crippen molar-refractivity contribution >= 4 is 27.5 Å². The summed E-state index contributed by atoms with van der Waals surface area (Å²) in [5.41, 5.74) is 1.01. The Bertz CT molecular complexity index is 1030. The predicted octanol–water partition coefficient (Wildman–Crippen LogP) is 1.63. The van der Waals surface area contributed by atoms with Gasteiger partial charge in [-0.25, -0.2) is 18.1 Å². The van der Waals surface area contributed by atoms with Gasteiger partial charge >= 0.3 is 0 Å². The standard InChI is InChI=1S/C20H26N6O4S/c1-14-12-26(13-15(2)30-14)19-16(10-21)11-22-20(25-19)24-17-4-6-18(7-5-17)31(27,28)23-8-9-29-3/h4-7,11,14-15,23H,8-9,12-13H2,1-3H3,(H,22,24,25)/t14-,15+. The Hall–Kier alpha value is -2.78. The first kappa shape index (κ1) is 22.9. The summed E-state index contributed by atoms with van der Waals surface area (Å²) in [5, 5.41) is 12.5. The molecule has 2 N–H and O–H groups in total. The summed E-state index contributed by atoms with van der Waals surface area (Å²) in [6.45, 7) is 5.69. The molecule has 0 radical (unpaired) electrons. The first-order valence-electron chi connectivity index (χ1n) is 9.85. The van der Waals surface area contributed by atoms with Gasteiger partial charge in [0.05, 0.1) is 29.9 Å². The zero-order chi connectivity index (χ0) is 22.4. The summed E-state index contributed by atoms with van der Waals surface area (Å²) in [6, 6.07) is 8.39. The van der Waals surface area contributed by atoms with Crippen LogP contribution >= 0.6 is 0 Å². The lowest BCUT2D eigenvalue weighted by atomic mass is 10.2. The fraction of sp³-hybridized carbons (Fsp3) is 0.450. The lowest BCUT2D eigenvalue weighted by Crippen LogP contribution is -2.46. The maximum Gasteiger partial charge on any atom is 0.240 e. The van der Waals surface area contributed by atoms with Crippen LogP contribution in [0.3, 0.4) is 0 Å². The van der Waals surface area contributed by atoms with Crippen LogP contribution in [-0.2, 0) is 19.5 Å². The number of anilines is 3. The van der Waals surface area contributed by atoms with E-state index in [1.165, 1.54) is 25.4 Å². The second-order valence-corrected chi connectivity index (χ2v) is 9.01. The highest BCUT2D eigenvalue weighted by Crippen LogP contribution is 2.24. The van der Waals surface area contributed by atoms with Crippen LogP contribution in [0, 0.1) is 11.3 Å². The van der Waals surface area contributed by atoms with Gasteiger partial charge in [-0.15, -0.1) is 0 Å². The van der Waals surface area contributed by atoms with E-state index in [4.69, 9.17) is 9.47 Å². The minimum absolute atomic E-state index is 0.0219. The largest absolute Gasteiger partial charge is 0.383 e. The SMILES string of the molecule is COCCNS(=O)(=O)c1ccc(Nc2ncc(C#N)c(N3C[C@@H](C)O[C@@H](C)C3)n2)cc1. The number of rotatable bonds is 8. The maximum absolute atomic E-state index is 12.3. The molecule has 166 valence electrons. The normalized spacial score (nSPS) is 19.1. The number of nitrogens with zero attached hydrogens (tertiary/aromatic N) is 4. The molecule has 2 atom stereocenters. The maximum atomic E-state index is 12.3. The lowest BCUT2D eigenvalue weighted by molar-refractivity contribution is -0.00547. The number of morpholine rings is 1. The Labute approximate surface area is 182 Å². The van der Waals surface area contributed by atoms with Crippen molar-refractivity contribution in [1.29, 1.82) is 5.26 Å². The number of ether oxygens (including phenoxy) is 2. The molecule has 31 heavy (non-hydrogen) atoms. The number of nitriles is 1. The van der Waals surface area contributed by atoms with E-state index in [0.717, 1.165) is 0 Å². The monoisotopic (exact) mass is 446 g/mol. The Kier molecular flexibility index (Phi) is 7.40. The van der Waals surface area contributed by atoms with E-state index in [9.17, 15) is 13.7 Å². The van der Waals surface area contributed by atoms with Crippen LogP contribution in [0.15, 0.2) is 35.4 Å². The zero-order valence-corrected chi connectivity index (χ0v) is 18.5. The summed E-state index contributed by atoms with van der Waals surface area (Å²) in [6.07, 6.45) is 1.52. The van der Waals surface area contributed by atoms with Gasteiger partial charge in [0.2, 0.25) is 16.0 Å². The first-order chi connectivity index (χ1) is 14.8. The van der Waals surface area contributed by atoms with Gasteiger partial charge in [0.15, 0.2) is 5.82 Å². The molecule has 1 aliphatic rings. The van der Waals surface area contributed by atoms with E-state index < -0.39 is 10.0 Å². The summed E-state index contributed by atoms with van der Waals surface area (Å²) < 4.78 is 37.6. The van der Waals surface area contributed by atoms with E-state index >= 15 is 0 Å².